The zero-order valence-electron chi connectivity index (χ0n) is 21.3. The zero-order valence-corrected chi connectivity index (χ0v) is 22.1. The first-order valence-electron chi connectivity index (χ1n) is 12.6. The quantitative estimate of drug-likeness (QED) is 0.119. The Bertz CT molecular complexity index is 2130. The van der Waals surface area contributed by atoms with E-state index in [2.05, 4.69) is 6.07 Å². The largest absolute Gasteiger partial charge is 0.534 e. The van der Waals surface area contributed by atoms with Gasteiger partial charge in [0.1, 0.15) is 0 Å². The van der Waals surface area contributed by atoms with Crippen molar-refractivity contribution in [2.45, 2.75) is 11.9 Å². The van der Waals surface area contributed by atoms with Crippen LogP contribution in [0, 0.1) is 11.3 Å². The summed E-state index contributed by atoms with van der Waals surface area (Å²) in [6.45, 7) is 0. The van der Waals surface area contributed by atoms with E-state index in [1.54, 1.807) is 30.3 Å². The average molecular weight is 568 g/mol. The molecule has 41 heavy (non-hydrogen) atoms. The monoisotopic (exact) mass is 567 g/mol. The fraction of sp³-hybridized carbons (Fsp3) is 0.0606. The molecule has 6 aromatic carbocycles. The summed E-state index contributed by atoms with van der Waals surface area (Å²) >= 11 is 0. The summed E-state index contributed by atoms with van der Waals surface area (Å²) in [6.07, 6.45) is 0.300. The second-order valence-corrected chi connectivity index (χ2v) is 11.2. The third-order valence-electron chi connectivity index (χ3n) is 7.06. The Hall–Kier alpha value is -4.87. The summed E-state index contributed by atoms with van der Waals surface area (Å²) in [5.74, 6) is -0.439. The molecule has 0 saturated carbocycles. The van der Waals surface area contributed by atoms with Crippen LogP contribution in [0.25, 0.3) is 43.4 Å². The molecule has 0 aliphatic heterocycles. The molecule has 0 spiro atoms. The number of benzene rings is 6. The van der Waals surface area contributed by atoms with Crippen molar-refractivity contribution in [1.82, 2.24) is 0 Å². The van der Waals surface area contributed by atoms with E-state index in [-0.39, 0.29) is 5.56 Å². The van der Waals surface area contributed by atoms with Crippen LogP contribution in [0.15, 0.2) is 109 Å². The topological polar surface area (TPSA) is 67.2 Å². The summed E-state index contributed by atoms with van der Waals surface area (Å²) in [5.41, 5.74) is -3.00. The highest BCUT2D eigenvalue weighted by Crippen LogP contribution is 2.43. The van der Waals surface area contributed by atoms with Crippen LogP contribution in [-0.4, -0.2) is 13.9 Å². The Kier molecular flexibility index (Phi) is 6.40. The lowest BCUT2D eigenvalue weighted by Gasteiger charge is -2.18. The van der Waals surface area contributed by atoms with Crippen LogP contribution in [0.1, 0.15) is 16.7 Å². The molecule has 202 valence electrons. The lowest BCUT2D eigenvalue weighted by atomic mass is 9.89. The van der Waals surface area contributed by atoms with Crippen molar-refractivity contribution in [2.24, 2.45) is 0 Å². The summed E-state index contributed by atoms with van der Waals surface area (Å²) in [4.78, 5) is 0. The Morgan fingerprint density at radius 2 is 1.34 bits per heavy atom. The lowest BCUT2D eigenvalue weighted by Crippen LogP contribution is -2.28. The zero-order chi connectivity index (χ0) is 28.8. The Balaban J connectivity index is 1.67. The first kappa shape index (κ1) is 26.4. The standard InChI is InChI=1S/C33H20F3NO3S/c34-33(35,36)41(38,39)40-31-14-13-21(15-22-7-3-4-11-26(22)20-37)16-30(31)32-28-12-6-5-10-25(28)18-27-17-23-8-1-2-9-24(23)19-29(27)32/h1-14,16-19H,15H2. The van der Waals surface area contributed by atoms with Crippen LogP contribution in [-0.2, 0) is 16.5 Å². The number of fused-ring (bicyclic) bond motifs is 3. The smallest absolute Gasteiger partial charge is 0.375 e. The van der Waals surface area contributed by atoms with Crippen LogP contribution < -0.4 is 4.18 Å². The van der Waals surface area contributed by atoms with Crippen molar-refractivity contribution >= 4 is 42.4 Å². The fourth-order valence-corrected chi connectivity index (χ4v) is 5.65. The molecule has 4 nitrogen and oxygen atoms in total. The Morgan fingerprint density at radius 3 is 2.07 bits per heavy atom. The molecule has 0 N–H and O–H groups in total. The van der Waals surface area contributed by atoms with Crippen LogP contribution in [0.3, 0.4) is 0 Å². The predicted molar refractivity (Wildman–Crippen MR) is 154 cm³/mol. The molecular formula is C33H20F3NO3S. The molecule has 0 bridgehead atoms. The van der Waals surface area contributed by atoms with E-state index in [0.717, 1.165) is 37.9 Å². The van der Waals surface area contributed by atoms with E-state index < -0.39 is 21.4 Å². The highest BCUT2D eigenvalue weighted by atomic mass is 32.2. The number of nitriles is 1. The summed E-state index contributed by atoms with van der Waals surface area (Å²) in [6, 6.07) is 34.7. The summed E-state index contributed by atoms with van der Waals surface area (Å²) < 4.78 is 69.5. The number of alkyl halides is 3. The van der Waals surface area contributed by atoms with E-state index >= 15 is 0 Å². The van der Waals surface area contributed by atoms with Gasteiger partial charge in [0.25, 0.3) is 0 Å². The maximum Gasteiger partial charge on any atom is 0.534 e. The van der Waals surface area contributed by atoms with Crippen molar-refractivity contribution in [1.29, 1.82) is 5.26 Å². The van der Waals surface area contributed by atoms with Crippen molar-refractivity contribution in [3.63, 3.8) is 0 Å². The van der Waals surface area contributed by atoms with Gasteiger partial charge in [-0.05, 0) is 86.3 Å². The number of rotatable bonds is 5. The SMILES string of the molecule is N#Cc1ccccc1Cc1ccc(OS(=O)(=O)C(F)(F)F)c(-c2c3ccccc3cc3cc4ccccc4cc23)c1. The van der Waals surface area contributed by atoms with E-state index in [0.29, 0.717) is 23.1 Å². The Labute approximate surface area is 234 Å². The van der Waals surface area contributed by atoms with Crippen LogP contribution in [0.2, 0.25) is 0 Å². The maximum atomic E-state index is 13.4. The van der Waals surface area contributed by atoms with Crippen LogP contribution in [0.5, 0.6) is 5.75 Å². The van der Waals surface area contributed by atoms with Gasteiger partial charge in [-0.2, -0.15) is 26.9 Å². The van der Waals surface area contributed by atoms with Gasteiger partial charge < -0.3 is 4.18 Å². The molecule has 0 fully saturated rings. The van der Waals surface area contributed by atoms with Crippen molar-refractivity contribution < 1.29 is 25.8 Å². The first-order chi connectivity index (χ1) is 19.6. The van der Waals surface area contributed by atoms with Crippen LogP contribution >= 0.6 is 0 Å². The molecule has 0 unspecified atom stereocenters. The molecule has 6 aromatic rings. The van der Waals surface area contributed by atoms with Gasteiger partial charge in [-0.3, -0.25) is 0 Å². The predicted octanol–water partition coefficient (Wildman–Crippen LogP) is 8.50. The number of hydrogen-bond donors (Lipinski definition) is 0. The van der Waals surface area contributed by atoms with Gasteiger partial charge in [0.05, 0.1) is 11.6 Å². The molecule has 0 aliphatic rings. The van der Waals surface area contributed by atoms with Crippen molar-refractivity contribution in [3.8, 4) is 22.9 Å². The third-order valence-corrected chi connectivity index (χ3v) is 8.02. The average Bonchev–Trinajstić information content (AvgIpc) is 2.95. The highest BCUT2D eigenvalue weighted by Gasteiger charge is 2.49. The first-order valence-corrected chi connectivity index (χ1v) is 14.0. The van der Waals surface area contributed by atoms with Gasteiger partial charge in [0.15, 0.2) is 5.75 Å². The molecule has 8 heteroatoms. The van der Waals surface area contributed by atoms with Gasteiger partial charge in [-0.15, -0.1) is 0 Å². The van der Waals surface area contributed by atoms with Gasteiger partial charge in [-0.1, -0.05) is 72.8 Å². The minimum Gasteiger partial charge on any atom is -0.375 e. The molecular weight excluding hydrogens is 547 g/mol. The van der Waals surface area contributed by atoms with Crippen LogP contribution in [0.4, 0.5) is 13.2 Å². The Morgan fingerprint density at radius 1 is 0.707 bits per heavy atom. The molecule has 6 rings (SSSR count). The van der Waals surface area contributed by atoms with E-state index in [9.17, 15) is 26.9 Å². The molecule has 0 aliphatic carbocycles. The van der Waals surface area contributed by atoms with Crippen molar-refractivity contribution in [2.75, 3.05) is 0 Å². The number of halogens is 3. The van der Waals surface area contributed by atoms with Gasteiger partial charge >= 0.3 is 15.6 Å². The summed E-state index contributed by atoms with van der Waals surface area (Å²) in [5, 5.41) is 14.6. The minimum absolute atomic E-state index is 0.196. The fourth-order valence-electron chi connectivity index (χ4n) is 5.17. The normalized spacial score (nSPS) is 12.0. The molecule has 0 radical (unpaired) electrons. The third kappa shape index (κ3) is 4.85. The molecule has 0 aromatic heterocycles. The van der Waals surface area contributed by atoms with Gasteiger partial charge in [-0.25, -0.2) is 0 Å². The van der Waals surface area contributed by atoms with Gasteiger partial charge in [0, 0.05) is 11.1 Å². The molecule has 0 amide bonds. The van der Waals surface area contributed by atoms with Gasteiger partial charge in [0.2, 0.25) is 0 Å². The molecule has 0 saturated heterocycles. The highest BCUT2D eigenvalue weighted by molar-refractivity contribution is 7.88. The second-order valence-electron chi connectivity index (χ2n) is 9.65. The van der Waals surface area contributed by atoms with E-state index in [4.69, 9.17) is 4.18 Å². The number of nitrogens with zero attached hydrogens (tertiary/aromatic N) is 1. The summed E-state index contributed by atoms with van der Waals surface area (Å²) in [7, 11) is -5.95. The van der Waals surface area contributed by atoms with E-state index in [1.807, 2.05) is 66.7 Å². The second kappa shape index (κ2) is 9.95. The lowest BCUT2D eigenvalue weighted by molar-refractivity contribution is -0.0499. The molecule has 0 heterocycles. The van der Waals surface area contributed by atoms with Crippen molar-refractivity contribution in [3.05, 3.63) is 126 Å². The minimum atomic E-state index is -5.95. The van der Waals surface area contributed by atoms with E-state index in [1.165, 1.54) is 12.1 Å². The molecule has 0 atom stereocenters. The number of hydrogen-bond acceptors (Lipinski definition) is 4. The maximum absolute atomic E-state index is 13.4.